The molecule has 1 aromatic rings. The summed E-state index contributed by atoms with van der Waals surface area (Å²) in [6.07, 6.45) is 0.939. The number of nitrogens with one attached hydrogen (secondary N) is 1. The normalized spacial score (nSPS) is 17.0. The zero-order valence-corrected chi connectivity index (χ0v) is 14.9. The van der Waals surface area contributed by atoms with Crippen molar-refractivity contribution in [2.75, 3.05) is 39.1 Å². The van der Waals surface area contributed by atoms with Crippen LogP contribution in [0.15, 0.2) is 23.1 Å². The van der Waals surface area contributed by atoms with Gasteiger partial charge in [-0.15, -0.1) is 0 Å². The molecule has 1 heterocycles. The summed E-state index contributed by atoms with van der Waals surface area (Å²) in [5.41, 5.74) is -0.489. The second-order valence-corrected chi connectivity index (χ2v) is 8.05. The molecule has 0 radical (unpaired) electrons. The number of morpholine rings is 1. The number of benzene rings is 1. The molecule has 1 amide bonds. The Morgan fingerprint density at radius 2 is 2.00 bits per heavy atom. The lowest BCUT2D eigenvalue weighted by molar-refractivity contribution is -0.385. The third kappa shape index (κ3) is 5.48. The number of ether oxygens (including phenoxy) is 1. The first-order valence-corrected chi connectivity index (χ1v) is 9.66. The number of amides is 1. The summed E-state index contributed by atoms with van der Waals surface area (Å²) in [6.45, 7) is 5.27. The summed E-state index contributed by atoms with van der Waals surface area (Å²) in [4.78, 5) is 24.5. The Morgan fingerprint density at radius 3 is 2.56 bits per heavy atom. The van der Waals surface area contributed by atoms with Crippen LogP contribution in [0.3, 0.4) is 0 Å². The van der Waals surface area contributed by atoms with Gasteiger partial charge in [-0.05, 0) is 13.0 Å². The summed E-state index contributed by atoms with van der Waals surface area (Å²) in [5.74, 6) is -0.547. The van der Waals surface area contributed by atoms with Gasteiger partial charge in [0.05, 0.1) is 23.0 Å². The van der Waals surface area contributed by atoms with Crippen LogP contribution in [0.2, 0.25) is 0 Å². The second kappa shape index (κ2) is 7.89. The molecule has 25 heavy (non-hydrogen) atoms. The number of nitro groups is 1. The summed E-state index contributed by atoms with van der Waals surface area (Å²) >= 11 is 0. The van der Waals surface area contributed by atoms with Crippen LogP contribution in [0.25, 0.3) is 0 Å². The molecular weight excluding hydrogens is 350 g/mol. The van der Waals surface area contributed by atoms with Crippen molar-refractivity contribution in [1.82, 2.24) is 10.2 Å². The molecule has 10 heteroatoms. The molecule has 1 N–H and O–H groups in total. The van der Waals surface area contributed by atoms with Crippen LogP contribution in [0.5, 0.6) is 0 Å². The van der Waals surface area contributed by atoms with Gasteiger partial charge >= 0.3 is 0 Å². The summed E-state index contributed by atoms with van der Waals surface area (Å²) < 4.78 is 28.7. The van der Waals surface area contributed by atoms with E-state index in [4.69, 9.17) is 4.74 Å². The third-order valence-electron chi connectivity index (χ3n) is 3.81. The van der Waals surface area contributed by atoms with E-state index in [1.54, 1.807) is 0 Å². The fourth-order valence-electron chi connectivity index (χ4n) is 2.56. The van der Waals surface area contributed by atoms with Crippen LogP contribution in [0.4, 0.5) is 5.69 Å². The van der Waals surface area contributed by atoms with E-state index >= 15 is 0 Å². The molecule has 1 atom stereocenters. The summed E-state index contributed by atoms with van der Waals surface area (Å²) in [5, 5.41) is 13.7. The van der Waals surface area contributed by atoms with Crippen molar-refractivity contribution < 1.29 is 22.9 Å². The lowest BCUT2D eigenvalue weighted by Crippen LogP contribution is -2.46. The molecule has 1 aliphatic heterocycles. The maximum absolute atomic E-state index is 12.4. The van der Waals surface area contributed by atoms with Crippen LogP contribution in [-0.4, -0.2) is 69.3 Å². The number of hydrogen-bond acceptors (Lipinski definition) is 7. The first kappa shape index (κ1) is 19.3. The molecule has 9 nitrogen and oxygen atoms in total. The highest BCUT2D eigenvalue weighted by Gasteiger charge is 2.21. The molecule has 1 saturated heterocycles. The Balaban J connectivity index is 2.14. The number of sulfone groups is 1. The van der Waals surface area contributed by atoms with E-state index in [0.717, 1.165) is 37.5 Å². The smallest absolute Gasteiger partial charge is 0.271 e. The monoisotopic (exact) mass is 371 g/mol. The molecule has 1 aromatic carbocycles. The van der Waals surface area contributed by atoms with Gasteiger partial charge in [0.25, 0.3) is 11.6 Å². The molecular formula is C15H21N3O6S. The predicted molar refractivity (Wildman–Crippen MR) is 90.4 cm³/mol. The average Bonchev–Trinajstić information content (AvgIpc) is 2.54. The lowest BCUT2D eigenvalue weighted by Gasteiger charge is -2.29. The highest BCUT2D eigenvalue weighted by atomic mass is 32.2. The first-order chi connectivity index (χ1) is 11.7. The van der Waals surface area contributed by atoms with Gasteiger partial charge in [-0.3, -0.25) is 19.8 Å². The van der Waals surface area contributed by atoms with Crippen molar-refractivity contribution in [3.63, 3.8) is 0 Å². The molecule has 0 aromatic heterocycles. The van der Waals surface area contributed by atoms with Gasteiger partial charge in [-0.25, -0.2) is 8.42 Å². The minimum Gasteiger partial charge on any atom is -0.379 e. The van der Waals surface area contributed by atoms with Crippen molar-refractivity contribution in [2.24, 2.45) is 0 Å². The minimum absolute atomic E-state index is 0.0524. The number of carbonyl (C=O) groups is 1. The van der Waals surface area contributed by atoms with Gasteiger partial charge in [0, 0.05) is 49.6 Å². The van der Waals surface area contributed by atoms with Crippen LogP contribution < -0.4 is 5.32 Å². The number of rotatable bonds is 6. The molecule has 1 unspecified atom stereocenters. The molecule has 0 aliphatic carbocycles. The van der Waals surface area contributed by atoms with Crippen molar-refractivity contribution in [3.8, 4) is 0 Å². The molecule has 0 spiro atoms. The van der Waals surface area contributed by atoms with Crippen molar-refractivity contribution in [2.45, 2.75) is 17.9 Å². The van der Waals surface area contributed by atoms with Gasteiger partial charge in [0.15, 0.2) is 9.84 Å². The maximum Gasteiger partial charge on any atom is 0.271 e. The van der Waals surface area contributed by atoms with E-state index in [-0.39, 0.29) is 16.5 Å². The zero-order valence-electron chi connectivity index (χ0n) is 14.1. The third-order valence-corrected chi connectivity index (χ3v) is 4.90. The minimum atomic E-state index is -3.67. The van der Waals surface area contributed by atoms with E-state index in [1.807, 2.05) is 6.92 Å². The Bertz CT molecular complexity index is 759. The van der Waals surface area contributed by atoms with Crippen molar-refractivity contribution >= 4 is 21.4 Å². The fraction of sp³-hybridized carbons (Fsp3) is 0.533. The molecule has 1 fully saturated rings. The number of hydrogen-bond donors (Lipinski definition) is 1. The first-order valence-electron chi connectivity index (χ1n) is 7.77. The topological polar surface area (TPSA) is 119 Å². The van der Waals surface area contributed by atoms with Gasteiger partial charge in [0.1, 0.15) is 0 Å². The van der Waals surface area contributed by atoms with Gasteiger partial charge < -0.3 is 10.1 Å². The number of nitro benzene ring substituents is 1. The van der Waals surface area contributed by atoms with Crippen LogP contribution in [0.1, 0.15) is 17.3 Å². The second-order valence-electron chi connectivity index (χ2n) is 6.03. The molecule has 0 saturated carbocycles. The quantitative estimate of drug-likeness (QED) is 0.569. The average molecular weight is 371 g/mol. The lowest BCUT2D eigenvalue weighted by atomic mass is 10.1. The highest BCUT2D eigenvalue weighted by Crippen LogP contribution is 2.21. The molecule has 0 bridgehead atoms. The van der Waals surface area contributed by atoms with Gasteiger partial charge in [-0.1, -0.05) is 0 Å². The van der Waals surface area contributed by atoms with Crippen LogP contribution in [-0.2, 0) is 14.6 Å². The standard InChI is InChI=1S/C15H21N3O6S/c1-11(10-17-3-5-24-6-4-17)16-15(19)12-7-13(18(20)21)9-14(8-12)25(2,22)23/h7-9,11H,3-6,10H2,1-2H3,(H,16,19). The number of nitrogens with zero attached hydrogens (tertiary/aromatic N) is 2. The van der Waals surface area contributed by atoms with Gasteiger partial charge in [0.2, 0.25) is 0 Å². The van der Waals surface area contributed by atoms with Crippen LogP contribution in [0, 0.1) is 10.1 Å². The van der Waals surface area contributed by atoms with E-state index in [1.165, 1.54) is 0 Å². The van der Waals surface area contributed by atoms with Gasteiger partial charge in [-0.2, -0.15) is 0 Å². The fourth-order valence-corrected chi connectivity index (χ4v) is 3.23. The van der Waals surface area contributed by atoms with Crippen molar-refractivity contribution in [1.29, 1.82) is 0 Å². The Hall–Kier alpha value is -2.04. The Labute approximate surface area is 146 Å². The Morgan fingerprint density at radius 1 is 1.36 bits per heavy atom. The van der Waals surface area contributed by atoms with E-state index in [0.29, 0.717) is 19.8 Å². The zero-order chi connectivity index (χ0) is 18.6. The van der Waals surface area contributed by atoms with Crippen molar-refractivity contribution in [3.05, 3.63) is 33.9 Å². The van der Waals surface area contributed by atoms with E-state index in [2.05, 4.69) is 10.2 Å². The van der Waals surface area contributed by atoms with E-state index < -0.39 is 26.4 Å². The van der Waals surface area contributed by atoms with E-state index in [9.17, 15) is 23.3 Å². The molecule has 1 aliphatic rings. The van der Waals surface area contributed by atoms with Crippen LogP contribution >= 0.6 is 0 Å². The number of non-ortho nitro benzene ring substituents is 1. The Kier molecular flexibility index (Phi) is 6.09. The summed E-state index contributed by atoms with van der Waals surface area (Å²) in [6, 6.07) is 2.97. The largest absolute Gasteiger partial charge is 0.379 e. The summed E-state index contributed by atoms with van der Waals surface area (Å²) in [7, 11) is -3.67. The molecule has 138 valence electrons. The number of carbonyl (C=O) groups excluding carboxylic acids is 1. The maximum atomic E-state index is 12.4. The SMILES string of the molecule is CC(CN1CCOCC1)NC(=O)c1cc([N+](=O)[O-])cc(S(C)(=O)=O)c1. The predicted octanol–water partition coefficient (Wildman–Crippen LogP) is 0.449. The highest BCUT2D eigenvalue weighted by molar-refractivity contribution is 7.90. The molecule has 2 rings (SSSR count).